The summed E-state index contributed by atoms with van der Waals surface area (Å²) in [4.78, 5) is 0. The molecule has 0 amide bonds. The quantitative estimate of drug-likeness (QED) is 0.860. The molecule has 0 aliphatic rings. The van der Waals surface area contributed by atoms with Crippen LogP contribution in [0.1, 0.15) is 6.92 Å². The van der Waals surface area contributed by atoms with Gasteiger partial charge in [0.1, 0.15) is 17.2 Å². The molecular formula is C14H14BrNO2. The van der Waals surface area contributed by atoms with E-state index in [1.165, 1.54) is 0 Å². The summed E-state index contributed by atoms with van der Waals surface area (Å²) in [5.41, 5.74) is 6.37. The Labute approximate surface area is 115 Å². The molecule has 94 valence electrons. The van der Waals surface area contributed by atoms with Crippen LogP contribution in [0.5, 0.6) is 17.2 Å². The number of ether oxygens (including phenoxy) is 2. The van der Waals surface area contributed by atoms with E-state index in [0.29, 0.717) is 12.3 Å². The Bertz CT molecular complexity index is 543. The Kier molecular flexibility index (Phi) is 4.10. The number of anilines is 1. The second kappa shape index (κ2) is 5.78. The average Bonchev–Trinajstić information content (AvgIpc) is 2.34. The lowest BCUT2D eigenvalue weighted by Gasteiger charge is -2.10. The fourth-order valence-corrected chi connectivity index (χ4v) is 2.00. The van der Waals surface area contributed by atoms with Crippen molar-refractivity contribution in [1.82, 2.24) is 0 Å². The first-order valence-electron chi connectivity index (χ1n) is 5.65. The molecule has 0 bridgehead atoms. The molecule has 0 radical (unpaired) electrons. The van der Waals surface area contributed by atoms with E-state index in [9.17, 15) is 0 Å². The van der Waals surface area contributed by atoms with E-state index in [0.717, 1.165) is 21.7 Å². The van der Waals surface area contributed by atoms with Gasteiger partial charge in [0.2, 0.25) is 0 Å². The molecule has 0 spiro atoms. The van der Waals surface area contributed by atoms with Crippen molar-refractivity contribution >= 4 is 21.6 Å². The van der Waals surface area contributed by atoms with E-state index in [4.69, 9.17) is 15.2 Å². The summed E-state index contributed by atoms with van der Waals surface area (Å²) in [7, 11) is 0. The summed E-state index contributed by atoms with van der Waals surface area (Å²) < 4.78 is 12.0. The van der Waals surface area contributed by atoms with Gasteiger partial charge in [0.25, 0.3) is 0 Å². The van der Waals surface area contributed by atoms with Gasteiger partial charge in [-0.2, -0.15) is 0 Å². The van der Waals surface area contributed by atoms with E-state index < -0.39 is 0 Å². The van der Waals surface area contributed by atoms with Crippen LogP contribution in [0.2, 0.25) is 0 Å². The van der Waals surface area contributed by atoms with Crippen molar-refractivity contribution in [3.8, 4) is 17.2 Å². The van der Waals surface area contributed by atoms with Gasteiger partial charge in [0.15, 0.2) is 0 Å². The standard InChI is InChI=1S/C14H14BrNO2/c1-2-17-11-4-3-5-12(9-11)18-14-7-6-10(16)8-13(14)15/h3-9H,2,16H2,1H3. The molecule has 18 heavy (non-hydrogen) atoms. The molecule has 0 unspecified atom stereocenters. The molecule has 0 heterocycles. The Balaban J connectivity index is 2.20. The highest BCUT2D eigenvalue weighted by molar-refractivity contribution is 9.10. The van der Waals surface area contributed by atoms with Crippen LogP contribution in [0.4, 0.5) is 5.69 Å². The third-order valence-electron chi connectivity index (χ3n) is 2.30. The van der Waals surface area contributed by atoms with Crippen molar-refractivity contribution < 1.29 is 9.47 Å². The van der Waals surface area contributed by atoms with Crippen molar-refractivity contribution in [1.29, 1.82) is 0 Å². The van der Waals surface area contributed by atoms with Gasteiger partial charge in [0, 0.05) is 11.8 Å². The largest absolute Gasteiger partial charge is 0.494 e. The molecule has 2 aromatic carbocycles. The van der Waals surface area contributed by atoms with Crippen molar-refractivity contribution in [2.24, 2.45) is 0 Å². The zero-order valence-corrected chi connectivity index (χ0v) is 11.6. The first kappa shape index (κ1) is 12.8. The summed E-state index contributed by atoms with van der Waals surface area (Å²) in [6, 6.07) is 13.0. The highest BCUT2D eigenvalue weighted by Crippen LogP contribution is 2.32. The number of halogens is 1. The topological polar surface area (TPSA) is 44.5 Å². The van der Waals surface area contributed by atoms with Gasteiger partial charge < -0.3 is 15.2 Å². The molecule has 0 saturated heterocycles. The number of hydrogen-bond donors (Lipinski definition) is 1. The summed E-state index contributed by atoms with van der Waals surface area (Å²) in [6.07, 6.45) is 0. The Morgan fingerprint density at radius 1 is 1.11 bits per heavy atom. The monoisotopic (exact) mass is 307 g/mol. The zero-order chi connectivity index (χ0) is 13.0. The minimum absolute atomic E-state index is 0.634. The lowest BCUT2D eigenvalue weighted by atomic mass is 10.3. The first-order chi connectivity index (χ1) is 8.69. The number of nitrogen functional groups attached to an aromatic ring is 1. The van der Waals surface area contributed by atoms with E-state index >= 15 is 0 Å². The van der Waals surface area contributed by atoms with Gasteiger partial charge in [-0.1, -0.05) is 6.07 Å². The molecule has 4 heteroatoms. The summed E-state index contributed by atoms with van der Waals surface area (Å²) in [6.45, 7) is 2.58. The summed E-state index contributed by atoms with van der Waals surface area (Å²) in [5.74, 6) is 2.24. The number of nitrogens with two attached hydrogens (primary N) is 1. The first-order valence-corrected chi connectivity index (χ1v) is 6.44. The summed E-state index contributed by atoms with van der Waals surface area (Å²) >= 11 is 3.42. The van der Waals surface area contributed by atoms with Crippen molar-refractivity contribution in [3.05, 3.63) is 46.9 Å². The highest BCUT2D eigenvalue weighted by Gasteiger charge is 2.04. The lowest BCUT2D eigenvalue weighted by Crippen LogP contribution is -1.92. The number of benzene rings is 2. The maximum absolute atomic E-state index is 5.77. The molecule has 2 N–H and O–H groups in total. The second-order valence-electron chi connectivity index (χ2n) is 3.70. The zero-order valence-electron chi connectivity index (χ0n) is 10.0. The van der Waals surface area contributed by atoms with Crippen LogP contribution in [0.25, 0.3) is 0 Å². The van der Waals surface area contributed by atoms with Gasteiger partial charge in [0.05, 0.1) is 11.1 Å². The molecule has 2 aromatic rings. The van der Waals surface area contributed by atoms with Crippen molar-refractivity contribution in [2.45, 2.75) is 6.92 Å². The van der Waals surface area contributed by atoms with Crippen LogP contribution in [0.15, 0.2) is 46.9 Å². The van der Waals surface area contributed by atoms with Crippen LogP contribution < -0.4 is 15.2 Å². The van der Waals surface area contributed by atoms with Gasteiger partial charge in [-0.25, -0.2) is 0 Å². The molecule has 0 saturated carbocycles. The molecule has 0 aliphatic carbocycles. The predicted octanol–water partition coefficient (Wildman–Crippen LogP) is 4.22. The van der Waals surface area contributed by atoms with Crippen molar-refractivity contribution in [3.63, 3.8) is 0 Å². The number of hydrogen-bond acceptors (Lipinski definition) is 3. The average molecular weight is 308 g/mol. The molecule has 0 fully saturated rings. The fraction of sp³-hybridized carbons (Fsp3) is 0.143. The van der Waals surface area contributed by atoms with Gasteiger partial charge >= 0.3 is 0 Å². The molecule has 0 aromatic heterocycles. The van der Waals surface area contributed by atoms with Crippen LogP contribution >= 0.6 is 15.9 Å². The maximum Gasteiger partial charge on any atom is 0.141 e. The third kappa shape index (κ3) is 3.17. The molecule has 0 atom stereocenters. The normalized spacial score (nSPS) is 10.1. The fourth-order valence-electron chi connectivity index (χ4n) is 1.52. The predicted molar refractivity (Wildman–Crippen MR) is 76.2 cm³/mol. The minimum Gasteiger partial charge on any atom is -0.494 e. The van der Waals surface area contributed by atoms with E-state index in [1.807, 2.05) is 43.3 Å². The maximum atomic E-state index is 5.77. The van der Waals surface area contributed by atoms with Crippen LogP contribution in [0, 0.1) is 0 Å². The minimum atomic E-state index is 0.634. The molecule has 0 aliphatic heterocycles. The smallest absolute Gasteiger partial charge is 0.141 e. The second-order valence-corrected chi connectivity index (χ2v) is 4.55. The molecule has 2 rings (SSSR count). The van der Waals surface area contributed by atoms with Gasteiger partial charge in [-0.05, 0) is 53.2 Å². The Hall–Kier alpha value is -1.68. The van der Waals surface area contributed by atoms with Crippen LogP contribution in [0.3, 0.4) is 0 Å². The summed E-state index contributed by atoms with van der Waals surface area (Å²) in [5, 5.41) is 0. The van der Waals surface area contributed by atoms with E-state index in [-0.39, 0.29) is 0 Å². The van der Waals surface area contributed by atoms with Gasteiger partial charge in [-0.15, -0.1) is 0 Å². The lowest BCUT2D eigenvalue weighted by molar-refractivity contribution is 0.338. The Morgan fingerprint density at radius 3 is 2.61 bits per heavy atom. The Morgan fingerprint density at radius 2 is 1.89 bits per heavy atom. The van der Waals surface area contributed by atoms with Crippen molar-refractivity contribution in [2.75, 3.05) is 12.3 Å². The molecule has 3 nitrogen and oxygen atoms in total. The third-order valence-corrected chi connectivity index (χ3v) is 2.92. The highest BCUT2D eigenvalue weighted by atomic mass is 79.9. The van der Waals surface area contributed by atoms with Crippen LogP contribution in [-0.4, -0.2) is 6.61 Å². The van der Waals surface area contributed by atoms with Crippen LogP contribution in [-0.2, 0) is 0 Å². The van der Waals surface area contributed by atoms with Gasteiger partial charge in [-0.3, -0.25) is 0 Å². The van der Waals surface area contributed by atoms with E-state index in [2.05, 4.69) is 15.9 Å². The number of rotatable bonds is 4. The van der Waals surface area contributed by atoms with E-state index in [1.54, 1.807) is 6.07 Å². The molecular weight excluding hydrogens is 294 g/mol. The SMILES string of the molecule is CCOc1cccc(Oc2ccc(N)cc2Br)c1.